The number of nitrogens with two attached hydrogens (primary N) is 1. The maximum Gasteiger partial charge on any atom is 0.127 e. The van der Waals surface area contributed by atoms with Crippen LogP contribution in [0.3, 0.4) is 0 Å². The van der Waals surface area contributed by atoms with E-state index in [4.69, 9.17) is 15.2 Å². The Morgan fingerprint density at radius 3 is 2.71 bits per heavy atom. The molecule has 0 aliphatic heterocycles. The average Bonchev–Trinajstić information content (AvgIpc) is 2.26. The summed E-state index contributed by atoms with van der Waals surface area (Å²) in [7, 11) is 1.48. The maximum atomic E-state index is 13.1. The summed E-state index contributed by atoms with van der Waals surface area (Å²) in [5, 5.41) is 9.43. The molecule has 4 nitrogen and oxygen atoms in total. The normalized spacial score (nSPS) is 14.4. The lowest BCUT2D eigenvalue weighted by atomic mass is 10.1. The van der Waals surface area contributed by atoms with Crippen LogP contribution in [0.25, 0.3) is 0 Å². The molecular weight excluding hydrogens is 225 g/mol. The molecule has 1 rings (SSSR count). The summed E-state index contributed by atoms with van der Waals surface area (Å²) in [6, 6.07) is 3.91. The number of methoxy groups -OCH3 is 1. The van der Waals surface area contributed by atoms with Crippen LogP contribution in [-0.4, -0.2) is 31.5 Å². The van der Waals surface area contributed by atoms with Crippen molar-refractivity contribution >= 4 is 0 Å². The third kappa shape index (κ3) is 4.30. The van der Waals surface area contributed by atoms with E-state index in [1.807, 2.05) is 0 Å². The summed E-state index contributed by atoms with van der Waals surface area (Å²) < 4.78 is 23.2. The summed E-state index contributed by atoms with van der Waals surface area (Å²) in [5.41, 5.74) is 6.44. The molecule has 2 atom stereocenters. The molecule has 5 heteroatoms. The van der Waals surface area contributed by atoms with E-state index in [0.29, 0.717) is 11.3 Å². The van der Waals surface area contributed by atoms with E-state index in [0.717, 1.165) is 0 Å². The number of halogens is 1. The van der Waals surface area contributed by atoms with E-state index in [1.165, 1.54) is 19.2 Å². The van der Waals surface area contributed by atoms with Gasteiger partial charge >= 0.3 is 0 Å². The Labute approximate surface area is 100 Å². The zero-order valence-electron chi connectivity index (χ0n) is 10.0. The lowest BCUT2D eigenvalue weighted by Gasteiger charge is -2.16. The van der Waals surface area contributed by atoms with Crippen molar-refractivity contribution in [2.24, 2.45) is 5.73 Å². The lowest BCUT2D eigenvalue weighted by Crippen LogP contribution is -2.23. The molecule has 0 fully saturated rings. The van der Waals surface area contributed by atoms with Gasteiger partial charge in [0.25, 0.3) is 0 Å². The minimum atomic E-state index is -0.746. The van der Waals surface area contributed by atoms with E-state index in [2.05, 4.69) is 0 Å². The van der Waals surface area contributed by atoms with Gasteiger partial charge in [-0.2, -0.15) is 0 Å². The van der Waals surface area contributed by atoms with Crippen molar-refractivity contribution < 1.29 is 19.0 Å². The third-order valence-electron chi connectivity index (χ3n) is 2.26. The molecule has 17 heavy (non-hydrogen) atoms. The van der Waals surface area contributed by atoms with Gasteiger partial charge in [0.2, 0.25) is 0 Å². The van der Waals surface area contributed by atoms with E-state index in [1.54, 1.807) is 13.0 Å². The highest BCUT2D eigenvalue weighted by Gasteiger charge is 2.11. The van der Waals surface area contributed by atoms with Gasteiger partial charge in [0, 0.05) is 24.8 Å². The second kappa shape index (κ2) is 6.54. The zero-order chi connectivity index (χ0) is 12.8. The van der Waals surface area contributed by atoms with Crippen LogP contribution in [0.5, 0.6) is 5.75 Å². The fourth-order valence-corrected chi connectivity index (χ4v) is 1.44. The summed E-state index contributed by atoms with van der Waals surface area (Å²) in [4.78, 5) is 0. The third-order valence-corrected chi connectivity index (χ3v) is 2.26. The molecule has 0 aliphatic carbocycles. The summed E-state index contributed by atoms with van der Waals surface area (Å²) in [6.07, 6.45) is -0.746. The van der Waals surface area contributed by atoms with Crippen LogP contribution >= 0.6 is 0 Å². The van der Waals surface area contributed by atoms with Crippen LogP contribution in [0.1, 0.15) is 18.5 Å². The Hall–Kier alpha value is -1.17. The van der Waals surface area contributed by atoms with Gasteiger partial charge in [-0.15, -0.1) is 0 Å². The summed E-state index contributed by atoms with van der Waals surface area (Å²) in [6.45, 7) is 1.99. The Balaban J connectivity index is 2.71. The van der Waals surface area contributed by atoms with Crippen LogP contribution in [-0.2, 0) is 4.74 Å². The van der Waals surface area contributed by atoms with Crippen molar-refractivity contribution in [3.63, 3.8) is 0 Å². The van der Waals surface area contributed by atoms with Gasteiger partial charge in [0.15, 0.2) is 0 Å². The van der Waals surface area contributed by atoms with Gasteiger partial charge in [-0.05, 0) is 13.0 Å². The number of hydrogen-bond acceptors (Lipinski definition) is 4. The molecule has 0 saturated carbocycles. The van der Waals surface area contributed by atoms with Gasteiger partial charge in [0.1, 0.15) is 24.3 Å². The van der Waals surface area contributed by atoms with Gasteiger partial charge in [-0.25, -0.2) is 4.39 Å². The first kappa shape index (κ1) is 13.9. The molecule has 0 spiro atoms. The molecular formula is C12H18FNO3. The highest BCUT2D eigenvalue weighted by molar-refractivity contribution is 5.36. The molecule has 2 unspecified atom stereocenters. The summed E-state index contributed by atoms with van der Waals surface area (Å²) >= 11 is 0. The highest BCUT2D eigenvalue weighted by Crippen LogP contribution is 2.24. The molecule has 1 aromatic carbocycles. The number of benzene rings is 1. The molecule has 0 saturated heterocycles. The quantitative estimate of drug-likeness (QED) is 0.788. The fraction of sp³-hybridized carbons (Fsp3) is 0.500. The van der Waals surface area contributed by atoms with Crippen molar-refractivity contribution in [1.82, 2.24) is 0 Å². The smallest absolute Gasteiger partial charge is 0.127 e. The van der Waals surface area contributed by atoms with Crippen molar-refractivity contribution in [2.45, 2.75) is 19.1 Å². The first-order valence-corrected chi connectivity index (χ1v) is 5.39. The fourth-order valence-electron chi connectivity index (χ4n) is 1.44. The van der Waals surface area contributed by atoms with Crippen LogP contribution in [0.15, 0.2) is 18.2 Å². The van der Waals surface area contributed by atoms with Gasteiger partial charge in [0.05, 0.1) is 6.61 Å². The number of ether oxygens (including phenoxy) is 2. The number of aliphatic hydroxyl groups excluding tert-OH is 1. The van der Waals surface area contributed by atoms with Crippen molar-refractivity contribution in [2.75, 3.05) is 20.3 Å². The standard InChI is InChI=1S/C12H18FNO3/c1-8(14)11-4-3-9(13)5-12(11)17-7-10(15)6-16-2/h3-5,8,10,15H,6-7,14H2,1-2H3. The Morgan fingerprint density at radius 2 is 2.12 bits per heavy atom. The van der Waals surface area contributed by atoms with E-state index in [-0.39, 0.29) is 19.3 Å². The first-order valence-electron chi connectivity index (χ1n) is 5.39. The van der Waals surface area contributed by atoms with E-state index >= 15 is 0 Å². The van der Waals surface area contributed by atoms with Crippen LogP contribution in [0.4, 0.5) is 4.39 Å². The SMILES string of the molecule is COCC(O)COc1cc(F)ccc1C(C)N. The monoisotopic (exact) mass is 243 g/mol. The summed E-state index contributed by atoms with van der Waals surface area (Å²) in [5.74, 6) is -0.0409. The van der Waals surface area contributed by atoms with Gasteiger partial charge < -0.3 is 20.3 Å². The number of rotatable bonds is 6. The minimum Gasteiger partial charge on any atom is -0.490 e. The molecule has 3 N–H and O–H groups in total. The molecule has 96 valence electrons. The zero-order valence-corrected chi connectivity index (χ0v) is 10.0. The highest BCUT2D eigenvalue weighted by atomic mass is 19.1. The van der Waals surface area contributed by atoms with Gasteiger partial charge in [-0.1, -0.05) is 6.07 Å². The van der Waals surface area contributed by atoms with Crippen molar-refractivity contribution in [1.29, 1.82) is 0 Å². The Bertz CT molecular complexity index is 358. The minimum absolute atomic E-state index is 0.0387. The Kier molecular flexibility index (Phi) is 5.34. The predicted molar refractivity (Wildman–Crippen MR) is 62.4 cm³/mol. The Morgan fingerprint density at radius 1 is 1.41 bits per heavy atom. The predicted octanol–water partition coefficient (Wildman–Crippen LogP) is 1.23. The first-order chi connectivity index (χ1) is 8.04. The average molecular weight is 243 g/mol. The largest absolute Gasteiger partial charge is 0.490 e. The molecule has 0 aromatic heterocycles. The van der Waals surface area contributed by atoms with Crippen molar-refractivity contribution in [3.05, 3.63) is 29.6 Å². The van der Waals surface area contributed by atoms with Gasteiger partial charge in [-0.3, -0.25) is 0 Å². The molecule has 0 amide bonds. The number of hydrogen-bond donors (Lipinski definition) is 2. The van der Waals surface area contributed by atoms with E-state index < -0.39 is 11.9 Å². The van der Waals surface area contributed by atoms with E-state index in [9.17, 15) is 9.50 Å². The second-order valence-corrected chi connectivity index (χ2v) is 3.89. The van der Waals surface area contributed by atoms with Crippen LogP contribution in [0, 0.1) is 5.82 Å². The molecule has 0 radical (unpaired) electrons. The maximum absolute atomic E-state index is 13.1. The van der Waals surface area contributed by atoms with Crippen LogP contribution in [0.2, 0.25) is 0 Å². The molecule has 0 aliphatic rings. The van der Waals surface area contributed by atoms with Crippen molar-refractivity contribution in [3.8, 4) is 5.75 Å². The second-order valence-electron chi connectivity index (χ2n) is 3.89. The number of aliphatic hydroxyl groups is 1. The van der Waals surface area contributed by atoms with Crippen LogP contribution < -0.4 is 10.5 Å². The topological polar surface area (TPSA) is 64.7 Å². The molecule has 0 heterocycles. The molecule has 0 bridgehead atoms. The lowest BCUT2D eigenvalue weighted by molar-refractivity contribution is 0.0322. The molecule has 1 aromatic rings.